The lowest BCUT2D eigenvalue weighted by Crippen LogP contribution is -2.29. The van der Waals surface area contributed by atoms with Gasteiger partial charge < -0.3 is 10.2 Å². The van der Waals surface area contributed by atoms with Gasteiger partial charge in [0.15, 0.2) is 5.69 Å². The van der Waals surface area contributed by atoms with Gasteiger partial charge in [-0.1, -0.05) is 18.2 Å². The van der Waals surface area contributed by atoms with E-state index in [1.54, 1.807) is 24.3 Å². The molecule has 0 spiro atoms. The number of hydrogen-bond donors (Lipinski definition) is 2. The van der Waals surface area contributed by atoms with Crippen LogP contribution in [0.4, 0.5) is 0 Å². The Labute approximate surface area is 102 Å². The second kappa shape index (κ2) is 4.58. The molecule has 0 radical (unpaired) electrons. The molecule has 0 aliphatic heterocycles. The van der Waals surface area contributed by atoms with E-state index in [1.807, 2.05) is 0 Å². The van der Waals surface area contributed by atoms with Crippen LogP contribution >= 0.6 is 0 Å². The fourth-order valence-corrected chi connectivity index (χ4v) is 1.77. The molecule has 0 bridgehead atoms. The van der Waals surface area contributed by atoms with Crippen LogP contribution in [0.1, 0.15) is 17.4 Å². The summed E-state index contributed by atoms with van der Waals surface area (Å²) in [6.07, 6.45) is -0.780. The first-order valence-electron chi connectivity index (χ1n) is 5.42. The zero-order chi connectivity index (χ0) is 13.3. The number of aliphatic hydroxyl groups excluding tert-OH is 1. The summed E-state index contributed by atoms with van der Waals surface area (Å²) in [4.78, 5) is 23.2. The maximum atomic E-state index is 12.0. The van der Waals surface area contributed by atoms with E-state index in [0.29, 0.717) is 5.39 Å². The van der Waals surface area contributed by atoms with Crippen LogP contribution in [0.15, 0.2) is 29.1 Å². The number of aromatic carboxylic acids is 1. The standard InChI is InChI=1S/C12H12N2O4/c1-7(15)6-14-11(16)9-5-3-2-4-8(9)10(13-14)12(17)18/h2-5,7,15H,6H2,1H3,(H,17,18). The second-order valence-electron chi connectivity index (χ2n) is 4.04. The van der Waals surface area contributed by atoms with Crippen molar-refractivity contribution in [3.63, 3.8) is 0 Å². The van der Waals surface area contributed by atoms with Crippen molar-refractivity contribution in [3.05, 3.63) is 40.3 Å². The van der Waals surface area contributed by atoms with Crippen molar-refractivity contribution >= 4 is 16.7 Å². The van der Waals surface area contributed by atoms with Gasteiger partial charge in [0.2, 0.25) is 0 Å². The molecule has 1 heterocycles. The molecule has 6 heteroatoms. The zero-order valence-electron chi connectivity index (χ0n) is 9.70. The summed E-state index contributed by atoms with van der Waals surface area (Å²) < 4.78 is 0.983. The summed E-state index contributed by atoms with van der Waals surface area (Å²) in [5, 5.41) is 22.7. The lowest BCUT2D eigenvalue weighted by Gasteiger charge is -2.09. The fraction of sp³-hybridized carbons (Fsp3) is 0.250. The minimum absolute atomic E-state index is 0.0378. The first-order chi connectivity index (χ1) is 8.50. The van der Waals surface area contributed by atoms with Gasteiger partial charge in [-0.3, -0.25) is 4.79 Å². The number of nitrogens with zero attached hydrogens (tertiary/aromatic N) is 2. The lowest BCUT2D eigenvalue weighted by molar-refractivity contribution is 0.0688. The number of fused-ring (bicyclic) bond motifs is 1. The van der Waals surface area contributed by atoms with E-state index in [9.17, 15) is 14.7 Å². The van der Waals surface area contributed by atoms with Gasteiger partial charge in [-0.15, -0.1) is 0 Å². The van der Waals surface area contributed by atoms with Crippen LogP contribution in [0.2, 0.25) is 0 Å². The van der Waals surface area contributed by atoms with E-state index in [1.165, 1.54) is 6.92 Å². The Hall–Kier alpha value is -2.21. The molecule has 2 N–H and O–H groups in total. The van der Waals surface area contributed by atoms with Crippen LogP contribution in [-0.4, -0.2) is 32.1 Å². The molecule has 1 aromatic carbocycles. The fourth-order valence-electron chi connectivity index (χ4n) is 1.77. The minimum atomic E-state index is -1.20. The van der Waals surface area contributed by atoms with Crippen LogP contribution in [-0.2, 0) is 6.54 Å². The number of carboxylic acid groups (broad SMARTS) is 1. The zero-order valence-corrected chi connectivity index (χ0v) is 9.70. The molecule has 2 aromatic rings. The highest BCUT2D eigenvalue weighted by Gasteiger charge is 2.15. The topological polar surface area (TPSA) is 92.4 Å². The average Bonchev–Trinajstić information content (AvgIpc) is 2.32. The van der Waals surface area contributed by atoms with Gasteiger partial charge in [0.1, 0.15) is 0 Å². The number of aromatic nitrogens is 2. The highest BCUT2D eigenvalue weighted by Crippen LogP contribution is 2.13. The quantitative estimate of drug-likeness (QED) is 0.824. The third-order valence-corrected chi connectivity index (χ3v) is 2.51. The summed E-state index contributed by atoms with van der Waals surface area (Å²) in [7, 11) is 0. The van der Waals surface area contributed by atoms with Gasteiger partial charge in [0.05, 0.1) is 18.0 Å². The molecule has 2 rings (SSSR count). The summed E-state index contributed by atoms with van der Waals surface area (Å²) in [5.41, 5.74) is -0.595. The average molecular weight is 248 g/mol. The summed E-state index contributed by atoms with van der Waals surface area (Å²) in [6, 6.07) is 6.39. The van der Waals surface area contributed by atoms with Crippen molar-refractivity contribution in [2.75, 3.05) is 0 Å². The molecule has 0 amide bonds. The Bertz CT molecular complexity index is 661. The maximum Gasteiger partial charge on any atom is 0.357 e. The Morgan fingerprint density at radius 1 is 1.39 bits per heavy atom. The van der Waals surface area contributed by atoms with Gasteiger partial charge >= 0.3 is 5.97 Å². The van der Waals surface area contributed by atoms with Gasteiger partial charge in [-0.25, -0.2) is 9.48 Å². The molecule has 0 fully saturated rings. The number of aliphatic hydroxyl groups is 1. The predicted octanol–water partition coefficient (Wildman–Crippen LogP) is 0.475. The van der Waals surface area contributed by atoms with Crippen molar-refractivity contribution < 1.29 is 15.0 Å². The van der Waals surface area contributed by atoms with E-state index in [0.717, 1.165) is 4.68 Å². The molecule has 1 unspecified atom stereocenters. The van der Waals surface area contributed by atoms with Crippen molar-refractivity contribution in [3.8, 4) is 0 Å². The van der Waals surface area contributed by atoms with E-state index >= 15 is 0 Å². The predicted molar refractivity (Wildman–Crippen MR) is 64.6 cm³/mol. The largest absolute Gasteiger partial charge is 0.476 e. The third kappa shape index (κ3) is 2.10. The second-order valence-corrected chi connectivity index (χ2v) is 4.04. The number of rotatable bonds is 3. The molecule has 6 nitrogen and oxygen atoms in total. The van der Waals surface area contributed by atoms with Crippen molar-refractivity contribution in [1.29, 1.82) is 0 Å². The molecular weight excluding hydrogens is 236 g/mol. The molecule has 0 saturated carbocycles. The Morgan fingerprint density at radius 3 is 2.56 bits per heavy atom. The third-order valence-electron chi connectivity index (χ3n) is 2.51. The molecule has 1 atom stereocenters. The molecule has 18 heavy (non-hydrogen) atoms. The van der Waals surface area contributed by atoms with Crippen LogP contribution in [0, 0.1) is 0 Å². The molecule has 0 aliphatic rings. The monoisotopic (exact) mass is 248 g/mol. The van der Waals surface area contributed by atoms with Crippen molar-refractivity contribution in [2.45, 2.75) is 19.6 Å². The molecule has 1 aromatic heterocycles. The van der Waals surface area contributed by atoms with Gasteiger partial charge in [0.25, 0.3) is 5.56 Å². The Kier molecular flexibility index (Phi) is 3.12. The maximum absolute atomic E-state index is 12.0. The van der Waals surface area contributed by atoms with E-state index < -0.39 is 17.6 Å². The van der Waals surface area contributed by atoms with E-state index in [2.05, 4.69) is 5.10 Å². The highest BCUT2D eigenvalue weighted by molar-refractivity contribution is 6.01. The molecule has 0 aliphatic carbocycles. The van der Waals surface area contributed by atoms with Gasteiger partial charge in [0, 0.05) is 5.39 Å². The van der Waals surface area contributed by atoms with Crippen LogP contribution < -0.4 is 5.56 Å². The first-order valence-corrected chi connectivity index (χ1v) is 5.42. The lowest BCUT2D eigenvalue weighted by atomic mass is 10.1. The molecule has 94 valence electrons. The summed E-state index contributed by atoms with van der Waals surface area (Å²) >= 11 is 0. The minimum Gasteiger partial charge on any atom is -0.476 e. The van der Waals surface area contributed by atoms with Crippen LogP contribution in [0.3, 0.4) is 0 Å². The normalized spacial score (nSPS) is 12.6. The highest BCUT2D eigenvalue weighted by atomic mass is 16.4. The van der Waals surface area contributed by atoms with Crippen LogP contribution in [0.25, 0.3) is 10.8 Å². The van der Waals surface area contributed by atoms with Crippen LogP contribution in [0.5, 0.6) is 0 Å². The van der Waals surface area contributed by atoms with Crippen molar-refractivity contribution in [2.24, 2.45) is 0 Å². The number of hydrogen-bond acceptors (Lipinski definition) is 4. The number of carboxylic acids is 1. The Morgan fingerprint density at radius 2 is 2.00 bits per heavy atom. The Balaban J connectivity index is 2.79. The molecule has 0 saturated heterocycles. The smallest absolute Gasteiger partial charge is 0.357 e. The van der Waals surface area contributed by atoms with E-state index in [4.69, 9.17) is 5.11 Å². The summed E-state index contributed by atoms with van der Waals surface area (Å²) in [6.45, 7) is 1.47. The van der Waals surface area contributed by atoms with E-state index in [-0.39, 0.29) is 17.6 Å². The molecular formula is C12H12N2O4. The van der Waals surface area contributed by atoms with Gasteiger partial charge in [-0.05, 0) is 13.0 Å². The number of benzene rings is 1. The number of carbonyl (C=O) groups is 1. The van der Waals surface area contributed by atoms with Gasteiger partial charge in [-0.2, -0.15) is 5.10 Å². The van der Waals surface area contributed by atoms with Crippen molar-refractivity contribution in [1.82, 2.24) is 9.78 Å². The SMILES string of the molecule is CC(O)Cn1nc(C(=O)O)c2ccccc2c1=O. The first kappa shape index (κ1) is 12.3. The summed E-state index contributed by atoms with van der Waals surface area (Å²) in [5.74, 6) is -1.20.